The zero-order valence-electron chi connectivity index (χ0n) is 11.6. The number of hydrogen-bond donors (Lipinski definition) is 2. The highest BCUT2D eigenvalue weighted by Gasteiger charge is 2.08. The standard InChI is InChI=1S/C14H25N3S/c1-12(2)11-17(10-4-9-16-3)18-14-7-5-13(15)6-8-14/h5-8,12,16H,4,9-11,15H2,1-3H3. The summed E-state index contributed by atoms with van der Waals surface area (Å²) in [6.07, 6.45) is 1.17. The number of nitrogens with one attached hydrogen (secondary N) is 1. The lowest BCUT2D eigenvalue weighted by Gasteiger charge is -2.23. The van der Waals surface area contributed by atoms with Gasteiger partial charge in [-0.05, 0) is 62.1 Å². The summed E-state index contributed by atoms with van der Waals surface area (Å²) >= 11 is 1.83. The largest absolute Gasteiger partial charge is 0.399 e. The van der Waals surface area contributed by atoms with Gasteiger partial charge in [0.05, 0.1) is 0 Å². The number of nitrogens with zero attached hydrogens (tertiary/aromatic N) is 1. The van der Waals surface area contributed by atoms with Crippen LogP contribution >= 0.6 is 11.9 Å². The SMILES string of the molecule is CNCCCN(CC(C)C)Sc1ccc(N)cc1. The van der Waals surface area contributed by atoms with Crippen molar-refractivity contribution < 1.29 is 0 Å². The third kappa shape index (κ3) is 6.28. The Balaban J connectivity index is 2.51. The second kappa shape index (κ2) is 8.40. The average molecular weight is 267 g/mol. The summed E-state index contributed by atoms with van der Waals surface area (Å²) in [6.45, 7) is 7.80. The fourth-order valence-electron chi connectivity index (χ4n) is 1.69. The summed E-state index contributed by atoms with van der Waals surface area (Å²) < 4.78 is 2.44. The van der Waals surface area contributed by atoms with Gasteiger partial charge in [-0.25, -0.2) is 4.31 Å². The predicted molar refractivity (Wildman–Crippen MR) is 81.7 cm³/mol. The Morgan fingerprint density at radius 1 is 1.28 bits per heavy atom. The molecule has 0 heterocycles. The minimum atomic E-state index is 0.681. The van der Waals surface area contributed by atoms with Gasteiger partial charge in [-0.3, -0.25) is 0 Å². The maximum atomic E-state index is 5.71. The Morgan fingerprint density at radius 3 is 2.50 bits per heavy atom. The van der Waals surface area contributed by atoms with E-state index in [2.05, 4.69) is 35.6 Å². The number of hydrogen-bond acceptors (Lipinski definition) is 4. The molecule has 0 aromatic heterocycles. The first-order chi connectivity index (χ1) is 8.61. The van der Waals surface area contributed by atoms with Crippen molar-refractivity contribution in [2.24, 2.45) is 5.92 Å². The molecule has 0 radical (unpaired) electrons. The van der Waals surface area contributed by atoms with Crippen LogP contribution in [0, 0.1) is 5.92 Å². The second-order valence-corrected chi connectivity index (χ2v) is 6.07. The molecule has 0 aliphatic rings. The Labute approximate surface area is 115 Å². The fraction of sp³-hybridized carbons (Fsp3) is 0.571. The van der Waals surface area contributed by atoms with E-state index in [4.69, 9.17) is 5.73 Å². The molecular weight excluding hydrogens is 242 g/mol. The molecule has 0 unspecified atom stereocenters. The highest BCUT2D eigenvalue weighted by molar-refractivity contribution is 7.97. The molecule has 1 aromatic rings. The van der Waals surface area contributed by atoms with Crippen molar-refractivity contribution in [3.63, 3.8) is 0 Å². The Bertz CT molecular complexity index is 324. The summed E-state index contributed by atoms with van der Waals surface area (Å²) in [5.41, 5.74) is 6.53. The summed E-state index contributed by atoms with van der Waals surface area (Å²) in [6, 6.07) is 8.10. The molecule has 0 spiro atoms. The van der Waals surface area contributed by atoms with Crippen LogP contribution in [-0.4, -0.2) is 31.0 Å². The lowest BCUT2D eigenvalue weighted by molar-refractivity contribution is 0.398. The first-order valence-electron chi connectivity index (χ1n) is 6.55. The van der Waals surface area contributed by atoms with Gasteiger partial charge in [0.2, 0.25) is 0 Å². The fourth-order valence-corrected chi connectivity index (χ4v) is 2.84. The first kappa shape index (κ1) is 15.3. The van der Waals surface area contributed by atoms with Crippen molar-refractivity contribution in [2.75, 3.05) is 32.4 Å². The minimum absolute atomic E-state index is 0.681. The van der Waals surface area contributed by atoms with Gasteiger partial charge in [-0.2, -0.15) is 0 Å². The maximum absolute atomic E-state index is 5.71. The molecule has 0 saturated heterocycles. The summed E-state index contributed by atoms with van der Waals surface area (Å²) in [5, 5.41) is 3.20. The van der Waals surface area contributed by atoms with E-state index in [0.717, 1.165) is 25.3 Å². The third-order valence-corrected chi connectivity index (χ3v) is 3.59. The highest BCUT2D eigenvalue weighted by atomic mass is 32.2. The van der Waals surface area contributed by atoms with Gasteiger partial charge in [0.15, 0.2) is 0 Å². The van der Waals surface area contributed by atoms with Gasteiger partial charge in [0.25, 0.3) is 0 Å². The molecule has 18 heavy (non-hydrogen) atoms. The molecule has 0 atom stereocenters. The molecule has 1 rings (SSSR count). The van der Waals surface area contributed by atoms with Crippen LogP contribution in [0.1, 0.15) is 20.3 Å². The number of nitrogen functional groups attached to an aromatic ring is 1. The smallest absolute Gasteiger partial charge is 0.0314 e. The molecule has 102 valence electrons. The van der Waals surface area contributed by atoms with Gasteiger partial charge in [-0.1, -0.05) is 13.8 Å². The number of anilines is 1. The monoisotopic (exact) mass is 267 g/mol. The molecule has 1 aromatic carbocycles. The van der Waals surface area contributed by atoms with E-state index in [0.29, 0.717) is 5.92 Å². The molecule has 0 bridgehead atoms. The van der Waals surface area contributed by atoms with Crippen LogP contribution in [0.15, 0.2) is 29.2 Å². The summed E-state index contributed by atoms with van der Waals surface area (Å²) in [5.74, 6) is 0.681. The maximum Gasteiger partial charge on any atom is 0.0314 e. The van der Waals surface area contributed by atoms with Crippen molar-refractivity contribution in [3.05, 3.63) is 24.3 Å². The Hall–Kier alpha value is -0.710. The van der Waals surface area contributed by atoms with Crippen molar-refractivity contribution in [3.8, 4) is 0 Å². The highest BCUT2D eigenvalue weighted by Crippen LogP contribution is 2.24. The van der Waals surface area contributed by atoms with E-state index < -0.39 is 0 Å². The number of nitrogens with two attached hydrogens (primary N) is 1. The molecule has 0 saturated carbocycles. The zero-order chi connectivity index (χ0) is 13.4. The Morgan fingerprint density at radius 2 is 1.94 bits per heavy atom. The summed E-state index contributed by atoms with van der Waals surface area (Å²) in [4.78, 5) is 1.26. The van der Waals surface area contributed by atoms with Crippen molar-refractivity contribution in [2.45, 2.75) is 25.2 Å². The molecule has 3 nitrogen and oxygen atoms in total. The van der Waals surface area contributed by atoms with Crippen LogP contribution in [-0.2, 0) is 0 Å². The molecule has 0 fully saturated rings. The molecule has 3 N–H and O–H groups in total. The van der Waals surface area contributed by atoms with E-state index in [-0.39, 0.29) is 0 Å². The molecular formula is C14H25N3S. The van der Waals surface area contributed by atoms with Crippen LogP contribution in [0.3, 0.4) is 0 Å². The van der Waals surface area contributed by atoms with Gasteiger partial charge >= 0.3 is 0 Å². The lowest BCUT2D eigenvalue weighted by Crippen LogP contribution is -2.24. The number of rotatable bonds is 8. The van der Waals surface area contributed by atoms with Crippen LogP contribution in [0.4, 0.5) is 5.69 Å². The second-order valence-electron chi connectivity index (χ2n) is 4.90. The van der Waals surface area contributed by atoms with E-state index >= 15 is 0 Å². The molecule has 0 amide bonds. The quantitative estimate of drug-likeness (QED) is 0.432. The van der Waals surface area contributed by atoms with Crippen LogP contribution in [0.2, 0.25) is 0 Å². The predicted octanol–water partition coefficient (Wildman–Crippen LogP) is 2.84. The van der Waals surface area contributed by atoms with Crippen molar-refractivity contribution >= 4 is 17.6 Å². The zero-order valence-corrected chi connectivity index (χ0v) is 12.5. The lowest BCUT2D eigenvalue weighted by atomic mass is 10.2. The topological polar surface area (TPSA) is 41.3 Å². The van der Waals surface area contributed by atoms with Gasteiger partial charge in [-0.15, -0.1) is 0 Å². The summed E-state index contributed by atoms with van der Waals surface area (Å²) in [7, 11) is 2.00. The van der Waals surface area contributed by atoms with Crippen LogP contribution in [0.25, 0.3) is 0 Å². The first-order valence-corrected chi connectivity index (χ1v) is 7.32. The van der Waals surface area contributed by atoms with E-state index in [1.165, 1.54) is 11.3 Å². The van der Waals surface area contributed by atoms with E-state index in [1.807, 2.05) is 31.1 Å². The molecule has 0 aliphatic carbocycles. The minimum Gasteiger partial charge on any atom is -0.399 e. The van der Waals surface area contributed by atoms with Crippen molar-refractivity contribution in [1.29, 1.82) is 0 Å². The third-order valence-electron chi connectivity index (χ3n) is 2.52. The number of benzene rings is 1. The van der Waals surface area contributed by atoms with E-state index in [1.54, 1.807) is 0 Å². The van der Waals surface area contributed by atoms with Crippen LogP contribution < -0.4 is 11.1 Å². The van der Waals surface area contributed by atoms with Gasteiger partial charge in [0.1, 0.15) is 0 Å². The molecule has 4 heteroatoms. The normalized spacial score (nSPS) is 11.4. The van der Waals surface area contributed by atoms with Crippen LogP contribution in [0.5, 0.6) is 0 Å². The molecule has 0 aliphatic heterocycles. The average Bonchev–Trinajstić information content (AvgIpc) is 2.31. The van der Waals surface area contributed by atoms with Gasteiger partial charge < -0.3 is 11.1 Å². The van der Waals surface area contributed by atoms with Crippen molar-refractivity contribution in [1.82, 2.24) is 9.62 Å². The van der Waals surface area contributed by atoms with E-state index in [9.17, 15) is 0 Å². The van der Waals surface area contributed by atoms with Gasteiger partial charge in [0, 0.05) is 23.7 Å². The Kier molecular flexibility index (Phi) is 7.16.